The topological polar surface area (TPSA) is 104 Å². The maximum absolute atomic E-state index is 12.9. The van der Waals surface area contributed by atoms with Gasteiger partial charge in [-0.05, 0) is 49.6 Å². The molecular weight excluding hydrogens is 753 g/mol. The van der Waals surface area contributed by atoms with Gasteiger partial charge in [-0.15, -0.1) is 0 Å². The van der Waals surface area contributed by atoms with Gasteiger partial charge >= 0.3 is 163 Å². The Morgan fingerprint density at radius 2 is 1.52 bits per heavy atom. The molecule has 0 heterocycles. The van der Waals surface area contributed by atoms with Gasteiger partial charge in [0.1, 0.15) is 5.82 Å². The van der Waals surface area contributed by atoms with Gasteiger partial charge in [0.15, 0.2) is 0 Å². The van der Waals surface area contributed by atoms with Crippen molar-refractivity contribution in [1.29, 1.82) is 0 Å². The van der Waals surface area contributed by atoms with Crippen LogP contribution in [-0.4, -0.2) is 50.6 Å². The number of benzene rings is 3. The van der Waals surface area contributed by atoms with E-state index in [1.165, 1.54) is 18.2 Å². The Bertz CT molecular complexity index is 1550. The van der Waals surface area contributed by atoms with Crippen LogP contribution in [0.15, 0.2) is 96.5 Å². The Morgan fingerprint density at radius 1 is 0.827 bits per heavy atom. The molecule has 9 heteroatoms. The fourth-order valence-electron chi connectivity index (χ4n) is 5.30. The van der Waals surface area contributed by atoms with Crippen molar-refractivity contribution in [2.75, 3.05) is 30.8 Å². The second-order valence-corrected chi connectivity index (χ2v) is 28.5. The van der Waals surface area contributed by atoms with Gasteiger partial charge in [0, 0.05) is 17.9 Å². The van der Waals surface area contributed by atoms with Crippen molar-refractivity contribution in [3.05, 3.63) is 113 Å². The third-order valence-corrected chi connectivity index (χ3v) is 14.4. The molecule has 1 unspecified atom stereocenters. The number of amides is 2. The maximum atomic E-state index is 12.9. The van der Waals surface area contributed by atoms with Crippen molar-refractivity contribution in [2.24, 2.45) is 0 Å². The summed E-state index contributed by atoms with van der Waals surface area (Å²) in [6.45, 7) is 11.9. The molecule has 5 N–H and O–H groups in total. The average molecular weight is 819 g/mol. The molecule has 3 aromatic carbocycles. The summed E-state index contributed by atoms with van der Waals surface area (Å²) in [5.41, 5.74) is 6.61. The Kier molecular flexibility index (Phi) is 20.7. The number of anilines is 2. The molecule has 0 aliphatic rings. The first-order valence-corrected chi connectivity index (χ1v) is 29.0. The third-order valence-electron chi connectivity index (χ3n) is 8.51. The Hall–Kier alpha value is -3.92. The minimum atomic E-state index is -2.08. The van der Waals surface area contributed by atoms with E-state index in [2.05, 4.69) is 129 Å². The average Bonchev–Trinajstić information content (AvgIpc) is 3.13. The van der Waals surface area contributed by atoms with E-state index in [1.807, 2.05) is 36.4 Å². The molecule has 3 aromatic rings. The zero-order valence-electron chi connectivity index (χ0n) is 33.2. The van der Waals surface area contributed by atoms with Crippen LogP contribution in [0.4, 0.5) is 16.2 Å². The predicted molar refractivity (Wildman–Crippen MR) is 224 cm³/mol. The van der Waals surface area contributed by atoms with Gasteiger partial charge in [-0.2, -0.15) is 0 Å². The molecule has 0 fully saturated rings. The summed E-state index contributed by atoms with van der Waals surface area (Å²) in [5, 5.41) is 16.4. The van der Waals surface area contributed by atoms with Crippen LogP contribution in [0.5, 0.6) is 0 Å². The largest absolute Gasteiger partial charge is 0.453 e. The zero-order chi connectivity index (χ0) is 38.4. The van der Waals surface area contributed by atoms with Crippen molar-refractivity contribution < 1.29 is 14.3 Å². The van der Waals surface area contributed by atoms with E-state index in [9.17, 15) is 9.59 Å². The minimum absolute atomic E-state index is 0.0211. The molecule has 0 aliphatic carbocycles. The van der Waals surface area contributed by atoms with Gasteiger partial charge in [0.25, 0.3) is 0 Å². The van der Waals surface area contributed by atoms with Crippen LogP contribution in [0, 0.1) is 6.92 Å². The summed E-state index contributed by atoms with van der Waals surface area (Å²) >= 11 is -2.08. The number of para-hydroxylation sites is 1. The maximum Gasteiger partial charge on any atom is 0.406 e. The normalized spacial score (nSPS) is 12.2. The molecule has 0 bridgehead atoms. The van der Waals surface area contributed by atoms with E-state index in [1.54, 1.807) is 3.58 Å². The van der Waals surface area contributed by atoms with Crippen LogP contribution >= 0.6 is 0 Å². The summed E-state index contributed by atoms with van der Waals surface area (Å²) in [5.74, 6) is 0.965. The molecule has 3 rings (SSSR count). The van der Waals surface area contributed by atoms with E-state index in [-0.39, 0.29) is 18.0 Å². The second kappa shape index (κ2) is 24.3. The number of hydrogen-bond acceptors (Lipinski definition) is 6. The molecular formula is C43H65N5O3Sn. The number of carbonyl (C=O) groups is 2. The van der Waals surface area contributed by atoms with Gasteiger partial charge in [-0.1, -0.05) is 50.6 Å². The SMILES string of the molecule is CC/C=C(/Nc1ccc(CC(=O)NCC(=CCCC)NC(CC)c2cc[c]([Sn]([CH3])([CH3])[CH3])cc2)cc1)Nc1ccccc1C.CCCCNC(=O)OC. The van der Waals surface area contributed by atoms with Crippen molar-refractivity contribution in [1.82, 2.24) is 16.0 Å². The molecule has 0 spiro atoms. The number of carbonyl (C=O) groups excluding carboxylic acids is 2. The quantitative estimate of drug-likeness (QED) is 0.0611. The fraction of sp³-hybridized carbons (Fsp3) is 0.442. The minimum Gasteiger partial charge on any atom is -0.453 e. The first kappa shape index (κ1) is 44.2. The van der Waals surface area contributed by atoms with Crippen molar-refractivity contribution in [3.63, 3.8) is 0 Å². The van der Waals surface area contributed by atoms with Gasteiger partial charge in [0.05, 0.1) is 7.11 Å². The van der Waals surface area contributed by atoms with Crippen molar-refractivity contribution in [2.45, 2.75) is 100 Å². The van der Waals surface area contributed by atoms with Gasteiger partial charge < -0.3 is 20.7 Å². The number of unbranched alkanes of at least 4 members (excludes halogenated alkanes) is 2. The number of alkyl carbamates (subject to hydrolysis) is 1. The molecule has 1 atom stereocenters. The monoisotopic (exact) mass is 819 g/mol. The van der Waals surface area contributed by atoms with E-state index < -0.39 is 18.4 Å². The van der Waals surface area contributed by atoms with E-state index in [0.717, 1.165) is 67.0 Å². The smallest absolute Gasteiger partial charge is 0.406 e. The van der Waals surface area contributed by atoms with Crippen LogP contribution in [0.2, 0.25) is 14.8 Å². The number of rotatable bonds is 19. The molecule has 52 heavy (non-hydrogen) atoms. The molecule has 0 saturated carbocycles. The van der Waals surface area contributed by atoms with Gasteiger partial charge in [-0.25, -0.2) is 4.79 Å². The molecule has 0 aliphatic heterocycles. The first-order chi connectivity index (χ1) is 24.9. The Balaban J connectivity index is 0.000000916. The predicted octanol–water partition coefficient (Wildman–Crippen LogP) is 9.54. The molecule has 0 saturated heterocycles. The zero-order valence-corrected chi connectivity index (χ0v) is 36.1. The number of allylic oxidation sites excluding steroid dienone is 2. The molecule has 0 aromatic heterocycles. The summed E-state index contributed by atoms with van der Waals surface area (Å²) < 4.78 is 5.89. The molecule has 8 nitrogen and oxygen atoms in total. The number of nitrogens with one attached hydrogen (secondary N) is 5. The molecule has 0 radical (unpaired) electrons. The molecule has 2 amide bonds. The fourth-order valence-corrected chi connectivity index (χ4v) is 8.63. The number of hydrogen-bond donors (Lipinski definition) is 5. The van der Waals surface area contributed by atoms with E-state index >= 15 is 0 Å². The summed E-state index contributed by atoms with van der Waals surface area (Å²) in [6.07, 6.45) is 10.4. The second-order valence-electron chi connectivity index (χ2n) is 14.0. The molecule has 284 valence electrons. The summed E-state index contributed by atoms with van der Waals surface area (Å²) in [4.78, 5) is 30.6. The van der Waals surface area contributed by atoms with Crippen LogP contribution in [0.25, 0.3) is 0 Å². The van der Waals surface area contributed by atoms with Crippen LogP contribution < -0.4 is 30.2 Å². The standard InChI is InChI=1S/C34H43N4O.C6H13NO2.3CH3.Sn/c1-5-8-18-30(36-31(7-3)28-16-10-9-11-17-28)25-35-34(39)24-27-20-22-29(23-21-27)37-33(14-6-2)38-32-19-13-12-15-26(32)4;1-3-4-5-7-6(8)9-2;;;;/h10-23,31,36-38H,5-8,24-25H2,1-4H3,(H,35,39);3-5H2,1-2H3,(H,7,8);3*1H3;/b30-18?,33-14-;;;;;. The van der Waals surface area contributed by atoms with E-state index in [4.69, 9.17) is 0 Å². The summed E-state index contributed by atoms with van der Waals surface area (Å²) in [6, 6.07) is 25.8. The third kappa shape index (κ3) is 17.1. The van der Waals surface area contributed by atoms with Gasteiger partial charge in [-0.3, -0.25) is 0 Å². The van der Waals surface area contributed by atoms with Crippen LogP contribution in [0.3, 0.4) is 0 Å². The Labute approximate surface area is 318 Å². The number of ether oxygens (including phenoxy) is 1. The number of methoxy groups -OCH3 is 1. The van der Waals surface area contributed by atoms with Gasteiger partial charge in [0.2, 0.25) is 0 Å². The Morgan fingerprint density at radius 3 is 2.10 bits per heavy atom. The first-order valence-electron chi connectivity index (χ1n) is 19.0. The van der Waals surface area contributed by atoms with Crippen molar-refractivity contribution in [3.8, 4) is 0 Å². The van der Waals surface area contributed by atoms with Crippen LogP contribution in [0.1, 0.15) is 89.0 Å². The number of aryl methyl sites for hydroxylation is 1. The van der Waals surface area contributed by atoms with E-state index in [0.29, 0.717) is 19.5 Å². The summed E-state index contributed by atoms with van der Waals surface area (Å²) in [7, 11) is 1.36. The van der Waals surface area contributed by atoms with Crippen LogP contribution in [-0.2, 0) is 16.0 Å². The van der Waals surface area contributed by atoms with Crippen molar-refractivity contribution >= 4 is 45.3 Å².